The van der Waals surface area contributed by atoms with Gasteiger partial charge >= 0.3 is 0 Å². The van der Waals surface area contributed by atoms with Gasteiger partial charge in [0.1, 0.15) is 5.83 Å². The Kier molecular flexibility index (Phi) is 2.93. The average Bonchev–Trinajstić information content (AvgIpc) is 3.07. The summed E-state index contributed by atoms with van der Waals surface area (Å²) in [5, 5.41) is 3.45. The largest absolute Gasteiger partial charge is 0.316 e. The lowest BCUT2D eigenvalue weighted by Gasteiger charge is -2.11. The first kappa shape index (κ1) is 10.9. The predicted octanol–water partition coefficient (Wildman–Crippen LogP) is 2.90. The van der Waals surface area contributed by atoms with Crippen molar-refractivity contribution in [3.05, 3.63) is 35.3 Å². The fraction of sp³-hybridized carbons (Fsp3) is 0.500. The number of hydrogen-bond donors (Lipinski definition) is 1. The van der Waals surface area contributed by atoms with Crippen LogP contribution in [0.2, 0.25) is 0 Å². The van der Waals surface area contributed by atoms with Gasteiger partial charge in [0.15, 0.2) is 0 Å². The topological polar surface area (TPSA) is 24.4 Å². The summed E-state index contributed by atoms with van der Waals surface area (Å²) in [6, 6.07) is 0. The quantitative estimate of drug-likeness (QED) is 0.724. The van der Waals surface area contributed by atoms with Crippen molar-refractivity contribution in [3.63, 3.8) is 0 Å². The zero-order valence-corrected chi connectivity index (χ0v) is 9.88. The maximum atomic E-state index is 13.2. The van der Waals surface area contributed by atoms with Crippen LogP contribution in [-0.2, 0) is 0 Å². The molecule has 0 unspecified atom stereocenters. The molecule has 0 bridgehead atoms. The van der Waals surface area contributed by atoms with Gasteiger partial charge in [-0.15, -0.1) is 0 Å². The Labute approximate surface area is 101 Å². The molecule has 17 heavy (non-hydrogen) atoms. The maximum Gasteiger partial charge on any atom is 0.120 e. The van der Waals surface area contributed by atoms with Crippen LogP contribution in [0.3, 0.4) is 0 Å². The Balaban J connectivity index is 1.52. The molecule has 0 amide bonds. The van der Waals surface area contributed by atoms with E-state index in [1.165, 1.54) is 18.4 Å². The minimum atomic E-state index is -0.127. The van der Waals surface area contributed by atoms with E-state index in [1.54, 1.807) is 12.2 Å². The Morgan fingerprint density at radius 2 is 2.29 bits per heavy atom. The fourth-order valence-electron chi connectivity index (χ4n) is 2.26. The zero-order chi connectivity index (χ0) is 11.7. The molecule has 3 aliphatic rings. The summed E-state index contributed by atoms with van der Waals surface area (Å²) in [7, 11) is 0. The first-order valence-electron chi connectivity index (χ1n) is 6.37. The highest BCUT2D eigenvalue weighted by atomic mass is 19.1. The summed E-state index contributed by atoms with van der Waals surface area (Å²) in [6.45, 7) is 2.10. The van der Waals surface area contributed by atoms with E-state index in [0.717, 1.165) is 36.7 Å². The third-order valence-corrected chi connectivity index (χ3v) is 3.51. The van der Waals surface area contributed by atoms with E-state index in [9.17, 15) is 4.39 Å². The lowest BCUT2D eigenvalue weighted by molar-refractivity contribution is 0.636. The van der Waals surface area contributed by atoms with Crippen LogP contribution in [-0.4, -0.2) is 18.8 Å². The van der Waals surface area contributed by atoms with Gasteiger partial charge in [0.05, 0.1) is 5.71 Å². The lowest BCUT2D eigenvalue weighted by atomic mass is 9.95. The molecule has 0 radical (unpaired) electrons. The fourth-order valence-corrected chi connectivity index (χ4v) is 2.26. The summed E-state index contributed by atoms with van der Waals surface area (Å²) in [4.78, 5) is 4.35. The first-order valence-corrected chi connectivity index (χ1v) is 6.37. The molecule has 0 aromatic carbocycles. The molecular weight excluding hydrogens is 215 g/mol. The van der Waals surface area contributed by atoms with Crippen molar-refractivity contribution < 1.29 is 4.39 Å². The first-order chi connectivity index (χ1) is 8.33. The molecule has 3 heteroatoms. The molecule has 2 aliphatic carbocycles. The van der Waals surface area contributed by atoms with Crippen molar-refractivity contribution in [2.45, 2.75) is 25.7 Å². The molecule has 2 nitrogen and oxygen atoms in total. The Morgan fingerprint density at radius 3 is 3.12 bits per heavy atom. The molecule has 0 aromatic rings. The van der Waals surface area contributed by atoms with Gasteiger partial charge in [0, 0.05) is 18.2 Å². The second-order valence-corrected chi connectivity index (χ2v) is 4.98. The molecule has 0 spiro atoms. The van der Waals surface area contributed by atoms with Gasteiger partial charge < -0.3 is 5.32 Å². The van der Waals surface area contributed by atoms with Crippen LogP contribution >= 0.6 is 0 Å². The summed E-state index contributed by atoms with van der Waals surface area (Å²) in [6.07, 6.45) is 9.43. The van der Waals surface area contributed by atoms with E-state index in [0.29, 0.717) is 6.42 Å². The Hall–Kier alpha value is -1.22. The monoisotopic (exact) mass is 232 g/mol. The van der Waals surface area contributed by atoms with Crippen molar-refractivity contribution in [3.8, 4) is 0 Å². The van der Waals surface area contributed by atoms with Crippen molar-refractivity contribution in [1.82, 2.24) is 5.32 Å². The minimum Gasteiger partial charge on any atom is -0.316 e. The standard InChI is InChI=1S/C14H17FN2/c15-12-3-4-14-13(7-12)11(9-17-14)5-6-16-8-10-1-2-10/h3,7,9-10,16H,1-2,4-6,8H2. The van der Waals surface area contributed by atoms with E-state index in [2.05, 4.69) is 10.3 Å². The van der Waals surface area contributed by atoms with E-state index in [4.69, 9.17) is 0 Å². The summed E-state index contributed by atoms with van der Waals surface area (Å²) < 4.78 is 13.2. The van der Waals surface area contributed by atoms with Gasteiger partial charge in [-0.1, -0.05) is 0 Å². The molecule has 1 N–H and O–H groups in total. The number of allylic oxidation sites excluding steroid dienone is 4. The molecule has 0 atom stereocenters. The highest BCUT2D eigenvalue weighted by molar-refractivity contribution is 6.08. The maximum absolute atomic E-state index is 13.2. The molecule has 1 aliphatic heterocycles. The van der Waals surface area contributed by atoms with E-state index >= 15 is 0 Å². The SMILES string of the molecule is FC1=CCC2=NC=C(CCNCC3CC3)C2=C1. The van der Waals surface area contributed by atoms with Gasteiger partial charge in [-0.05, 0) is 56.0 Å². The molecule has 0 saturated heterocycles. The number of nitrogens with zero attached hydrogens (tertiary/aromatic N) is 1. The Morgan fingerprint density at radius 1 is 1.41 bits per heavy atom. The van der Waals surface area contributed by atoms with Crippen LogP contribution in [0.5, 0.6) is 0 Å². The third-order valence-electron chi connectivity index (χ3n) is 3.51. The van der Waals surface area contributed by atoms with Gasteiger partial charge in [-0.3, -0.25) is 4.99 Å². The second-order valence-electron chi connectivity index (χ2n) is 4.98. The number of aliphatic imine (C=N–C) groups is 1. The van der Waals surface area contributed by atoms with E-state index in [-0.39, 0.29) is 5.83 Å². The smallest absolute Gasteiger partial charge is 0.120 e. The number of nitrogens with one attached hydrogen (secondary N) is 1. The number of hydrogen-bond acceptors (Lipinski definition) is 2. The highest BCUT2D eigenvalue weighted by Crippen LogP contribution is 2.29. The molecule has 90 valence electrons. The van der Waals surface area contributed by atoms with Crippen LogP contribution in [0.1, 0.15) is 25.7 Å². The minimum absolute atomic E-state index is 0.127. The number of rotatable bonds is 5. The lowest BCUT2D eigenvalue weighted by Crippen LogP contribution is -2.19. The van der Waals surface area contributed by atoms with Crippen molar-refractivity contribution in [2.24, 2.45) is 10.9 Å². The van der Waals surface area contributed by atoms with E-state index in [1.807, 2.05) is 6.20 Å². The summed E-state index contributed by atoms with van der Waals surface area (Å²) in [5.41, 5.74) is 3.20. The average molecular weight is 232 g/mol. The predicted molar refractivity (Wildman–Crippen MR) is 67.6 cm³/mol. The van der Waals surface area contributed by atoms with Crippen LogP contribution in [0.15, 0.2) is 40.3 Å². The van der Waals surface area contributed by atoms with Crippen LogP contribution < -0.4 is 5.32 Å². The summed E-state index contributed by atoms with van der Waals surface area (Å²) >= 11 is 0. The van der Waals surface area contributed by atoms with Crippen LogP contribution in [0, 0.1) is 5.92 Å². The molecule has 1 fully saturated rings. The normalized spacial score (nSPS) is 22.6. The molecular formula is C14H17FN2. The zero-order valence-electron chi connectivity index (χ0n) is 9.88. The van der Waals surface area contributed by atoms with Crippen LogP contribution in [0.4, 0.5) is 4.39 Å². The molecule has 1 heterocycles. The van der Waals surface area contributed by atoms with Crippen molar-refractivity contribution in [1.29, 1.82) is 0 Å². The van der Waals surface area contributed by atoms with Crippen molar-refractivity contribution in [2.75, 3.05) is 13.1 Å². The molecule has 3 rings (SSSR count). The van der Waals surface area contributed by atoms with Crippen LogP contribution in [0.25, 0.3) is 0 Å². The second kappa shape index (κ2) is 4.57. The van der Waals surface area contributed by atoms with Gasteiger partial charge in [0.25, 0.3) is 0 Å². The third kappa shape index (κ3) is 2.55. The van der Waals surface area contributed by atoms with Gasteiger partial charge in [0.2, 0.25) is 0 Å². The molecule has 0 aromatic heterocycles. The number of fused-ring (bicyclic) bond motifs is 1. The van der Waals surface area contributed by atoms with Gasteiger partial charge in [-0.25, -0.2) is 4.39 Å². The van der Waals surface area contributed by atoms with E-state index < -0.39 is 0 Å². The summed E-state index contributed by atoms with van der Waals surface area (Å²) in [5.74, 6) is 0.784. The van der Waals surface area contributed by atoms with Crippen molar-refractivity contribution >= 4 is 5.71 Å². The molecule has 1 saturated carbocycles. The highest BCUT2D eigenvalue weighted by Gasteiger charge is 2.22. The Bertz CT molecular complexity index is 439. The number of halogens is 1. The van der Waals surface area contributed by atoms with Gasteiger partial charge in [-0.2, -0.15) is 0 Å².